The Bertz CT molecular complexity index is 934. The number of rotatable bonds is 8. The summed E-state index contributed by atoms with van der Waals surface area (Å²) in [5.74, 6) is 2.71. The SMILES string of the molecule is CCN(CC)c1ccc(CNC(=NC)N(C)Cc2ncc(-c3ccccc3)[nH]2)cn1.I. The van der Waals surface area contributed by atoms with Crippen LogP contribution in [-0.4, -0.2) is 53.0 Å². The summed E-state index contributed by atoms with van der Waals surface area (Å²) in [6, 6.07) is 14.4. The maximum atomic E-state index is 4.59. The molecule has 0 bridgehead atoms. The fourth-order valence-electron chi connectivity index (χ4n) is 3.33. The van der Waals surface area contributed by atoms with E-state index in [1.54, 1.807) is 7.05 Å². The molecule has 2 heterocycles. The molecule has 0 radical (unpaired) electrons. The van der Waals surface area contributed by atoms with Crippen LogP contribution in [0.3, 0.4) is 0 Å². The average molecular weight is 533 g/mol. The highest BCUT2D eigenvalue weighted by Crippen LogP contribution is 2.16. The molecule has 0 aliphatic carbocycles. The number of guanidine groups is 1. The molecule has 8 heteroatoms. The number of hydrogen-bond donors (Lipinski definition) is 2. The van der Waals surface area contributed by atoms with Crippen molar-refractivity contribution >= 4 is 35.8 Å². The standard InChI is InChI=1S/C23H31N7.HI/c1-5-30(6-2)22-13-12-18(14-26-22)15-27-23(24-3)29(4)17-21-25-16-20(28-21)19-10-8-7-9-11-19;/h7-14,16H,5-6,15,17H2,1-4H3,(H,24,27)(H,25,28);1H. The van der Waals surface area contributed by atoms with Gasteiger partial charge in [0.2, 0.25) is 0 Å². The van der Waals surface area contributed by atoms with Crippen molar-refractivity contribution in [2.45, 2.75) is 26.9 Å². The zero-order valence-corrected chi connectivity index (χ0v) is 21.0. The number of pyridine rings is 1. The van der Waals surface area contributed by atoms with E-state index in [9.17, 15) is 0 Å². The molecule has 31 heavy (non-hydrogen) atoms. The minimum Gasteiger partial charge on any atom is -0.357 e. The average Bonchev–Trinajstić information content (AvgIpc) is 3.25. The van der Waals surface area contributed by atoms with Crippen LogP contribution in [0.15, 0.2) is 59.9 Å². The van der Waals surface area contributed by atoms with Crippen molar-refractivity contribution in [2.75, 3.05) is 32.1 Å². The number of anilines is 1. The second kappa shape index (κ2) is 12.3. The first-order valence-corrected chi connectivity index (χ1v) is 10.4. The molecule has 0 spiro atoms. The molecule has 0 aliphatic heterocycles. The second-order valence-electron chi connectivity index (χ2n) is 7.06. The van der Waals surface area contributed by atoms with Gasteiger partial charge in [0.25, 0.3) is 0 Å². The minimum atomic E-state index is 0. The molecule has 0 atom stereocenters. The van der Waals surface area contributed by atoms with Crippen LogP contribution in [0, 0.1) is 0 Å². The van der Waals surface area contributed by atoms with Gasteiger partial charge < -0.3 is 20.1 Å². The van der Waals surface area contributed by atoms with E-state index in [0.29, 0.717) is 13.1 Å². The van der Waals surface area contributed by atoms with Gasteiger partial charge in [-0.15, -0.1) is 24.0 Å². The lowest BCUT2D eigenvalue weighted by Gasteiger charge is -2.22. The van der Waals surface area contributed by atoms with Gasteiger partial charge in [-0.25, -0.2) is 9.97 Å². The molecule has 2 aromatic heterocycles. The van der Waals surface area contributed by atoms with Crippen LogP contribution in [0.4, 0.5) is 5.82 Å². The van der Waals surface area contributed by atoms with Gasteiger partial charge >= 0.3 is 0 Å². The van der Waals surface area contributed by atoms with E-state index in [-0.39, 0.29) is 24.0 Å². The zero-order valence-electron chi connectivity index (χ0n) is 18.7. The molecule has 0 saturated heterocycles. The Hall–Kier alpha value is -2.62. The number of aromatic nitrogens is 3. The smallest absolute Gasteiger partial charge is 0.194 e. The summed E-state index contributed by atoms with van der Waals surface area (Å²) >= 11 is 0. The number of halogens is 1. The largest absolute Gasteiger partial charge is 0.357 e. The topological polar surface area (TPSA) is 72.4 Å². The molecule has 3 aromatic rings. The third kappa shape index (κ3) is 6.68. The number of hydrogen-bond acceptors (Lipinski definition) is 4. The predicted molar refractivity (Wildman–Crippen MR) is 139 cm³/mol. The van der Waals surface area contributed by atoms with Gasteiger partial charge in [0.15, 0.2) is 5.96 Å². The fraction of sp³-hybridized carbons (Fsp3) is 0.348. The van der Waals surface area contributed by atoms with E-state index in [0.717, 1.165) is 47.5 Å². The summed E-state index contributed by atoms with van der Waals surface area (Å²) in [4.78, 5) is 21.2. The molecule has 0 amide bonds. The Morgan fingerprint density at radius 1 is 1.03 bits per heavy atom. The molecule has 0 aliphatic rings. The lowest BCUT2D eigenvalue weighted by Crippen LogP contribution is -2.38. The van der Waals surface area contributed by atoms with E-state index in [4.69, 9.17) is 0 Å². The number of nitrogens with zero attached hydrogens (tertiary/aromatic N) is 5. The van der Waals surface area contributed by atoms with Crippen molar-refractivity contribution in [2.24, 2.45) is 4.99 Å². The van der Waals surface area contributed by atoms with Gasteiger partial charge in [0.1, 0.15) is 11.6 Å². The Morgan fingerprint density at radius 3 is 2.39 bits per heavy atom. The van der Waals surface area contributed by atoms with E-state index in [1.807, 2.05) is 42.5 Å². The van der Waals surface area contributed by atoms with Crippen LogP contribution in [0.25, 0.3) is 11.3 Å². The lowest BCUT2D eigenvalue weighted by molar-refractivity contribution is 0.464. The van der Waals surface area contributed by atoms with Crippen LogP contribution in [0.1, 0.15) is 25.2 Å². The molecular weight excluding hydrogens is 501 g/mol. The predicted octanol–water partition coefficient (Wildman–Crippen LogP) is 4.14. The number of benzene rings is 1. The Morgan fingerprint density at radius 2 is 1.77 bits per heavy atom. The van der Waals surface area contributed by atoms with Crippen LogP contribution in [-0.2, 0) is 13.1 Å². The first-order chi connectivity index (χ1) is 14.6. The zero-order chi connectivity index (χ0) is 21.3. The monoisotopic (exact) mass is 533 g/mol. The van der Waals surface area contributed by atoms with E-state index in [2.05, 4.69) is 68.3 Å². The second-order valence-corrected chi connectivity index (χ2v) is 7.06. The van der Waals surface area contributed by atoms with Crippen molar-refractivity contribution in [3.05, 3.63) is 66.2 Å². The summed E-state index contributed by atoms with van der Waals surface area (Å²) < 4.78 is 0. The highest BCUT2D eigenvalue weighted by atomic mass is 127. The normalized spacial score (nSPS) is 11.0. The summed E-state index contributed by atoms with van der Waals surface area (Å²) in [6.45, 7) is 7.49. The first-order valence-electron chi connectivity index (χ1n) is 10.4. The van der Waals surface area contributed by atoms with Crippen molar-refractivity contribution in [1.82, 2.24) is 25.2 Å². The van der Waals surface area contributed by atoms with Gasteiger partial charge in [0.05, 0.1) is 18.4 Å². The molecule has 0 unspecified atom stereocenters. The van der Waals surface area contributed by atoms with Crippen LogP contribution in [0.2, 0.25) is 0 Å². The van der Waals surface area contributed by atoms with Gasteiger partial charge in [0, 0.05) is 39.9 Å². The minimum absolute atomic E-state index is 0. The first kappa shape index (κ1) is 24.6. The summed E-state index contributed by atoms with van der Waals surface area (Å²) in [6.07, 6.45) is 3.80. The number of H-pyrrole nitrogens is 1. The van der Waals surface area contributed by atoms with Crippen molar-refractivity contribution < 1.29 is 0 Å². The van der Waals surface area contributed by atoms with Gasteiger partial charge in [-0.3, -0.25) is 4.99 Å². The van der Waals surface area contributed by atoms with Gasteiger partial charge in [-0.1, -0.05) is 36.4 Å². The Balaban J connectivity index is 0.00000341. The molecule has 2 N–H and O–H groups in total. The van der Waals surface area contributed by atoms with Gasteiger partial charge in [-0.2, -0.15) is 0 Å². The molecular formula is C23H32IN7. The Kier molecular flexibility index (Phi) is 9.77. The van der Waals surface area contributed by atoms with Crippen molar-refractivity contribution in [3.8, 4) is 11.3 Å². The third-order valence-electron chi connectivity index (χ3n) is 5.02. The summed E-state index contributed by atoms with van der Waals surface area (Å²) in [7, 11) is 3.79. The van der Waals surface area contributed by atoms with Crippen molar-refractivity contribution in [3.63, 3.8) is 0 Å². The lowest BCUT2D eigenvalue weighted by atomic mass is 10.2. The summed E-state index contributed by atoms with van der Waals surface area (Å²) in [5, 5.41) is 3.40. The van der Waals surface area contributed by atoms with E-state index >= 15 is 0 Å². The van der Waals surface area contributed by atoms with Crippen LogP contribution in [0.5, 0.6) is 0 Å². The number of aliphatic imine (C=N–C) groups is 1. The van der Waals surface area contributed by atoms with E-state index in [1.165, 1.54) is 0 Å². The molecule has 0 saturated carbocycles. The maximum absolute atomic E-state index is 4.59. The highest BCUT2D eigenvalue weighted by molar-refractivity contribution is 14.0. The van der Waals surface area contributed by atoms with Crippen molar-refractivity contribution in [1.29, 1.82) is 0 Å². The Labute approximate surface area is 202 Å². The van der Waals surface area contributed by atoms with Crippen LogP contribution >= 0.6 is 24.0 Å². The molecule has 0 fully saturated rings. The number of aromatic amines is 1. The number of imidazole rings is 1. The molecule has 166 valence electrons. The van der Waals surface area contributed by atoms with E-state index < -0.39 is 0 Å². The molecule has 7 nitrogen and oxygen atoms in total. The van der Waals surface area contributed by atoms with Gasteiger partial charge in [-0.05, 0) is 31.0 Å². The molecule has 1 aromatic carbocycles. The fourth-order valence-corrected chi connectivity index (χ4v) is 3.33. The summed E-state index contributed by atoms with van der Waals surface area (Å²) in [5.41, 5.74) is 3.26. The maximum Gasteiger partial charge on any atom is 0.194 e. The van der Waals surface area contributed by atoms with Crippen LogP contribution < -0.4 is 10.2 Å². The quantitative estimate of drug-likeness (QED) is 0.259. The highest BCUT2D eigenvalue weighted by Gasteiger charge is 2.10. The molecule has 3 rings (SSSR count). The third-order valence-corrected chi connectivity index (χ3v) is 5.02. The number of nitrogens with one attached hydrogen (secondary N) is 2.